The number of hydrogen-bond donors (Lipinski definition) is 1. The first-order chi connectivity index (χ1) is 9.67. The molecule has 112 valence electrons. The average Bonchev–Trinajstić information content (AvgIpc) is 3.19. The Balaban J connectivity index is 0.00000161. The summed E-state index contributed by atoms with van der Waals surface area (Å²) in [6, 6.07) is 16.7. The second-order valence-electron chi connectivity index (χ2n) is 5.48. The van der Waals surface area contributed by atoms with Crippen LogP contribution in [0.2, 0.25) is 10.0 Å². The zero-order valence-corrected chi connectivity index (χ0v) is 14.1. The van der Waals surface area contributed by atoms with Crippen molar-refractivity contribution in [3.63, 3.8) is 0 Å². The van der Waals surface area contributed by atoms with Crippen molar-refractivity contribution in [2.45, 2.75) is 17.8 Å². The van der Waals surface area contributed by atoms with E-state index < -0.39 is 0 Å². The zero-order chi connectivity index (χ0) is 14.2. The van der Waals surface area contributed by atoms with E-state index in [1.165, 1.54) is 11.1 Å². The van der Waals surface area contributed by atoms with Crippen LogP contribution < -0.4 is 5.32 Å². The number of hydrogen-bond acceptors (Lipinski definition) is 1. The minimum atomic E-state index is 0. The first kappa shape index (κ1) is 16.6. The van der Waals surface area contributed by atoms with Crippen molar-refractivity contribution in [2.75, 3.05) is 13.6 Å². The highest BCUT2D eigenvalue weighted by atomic mass is 35.5. The van der Waals surface area contributed by atoms with Crippen LogP contribution >= 0.6 is 35.6 Å². The van der Waals surface area contributed by atoms with Crippen LogP contribution in [0, 0.1) is 0 Å². The molecule has 4 heteroatoms. The molecule has 1 aliphatic rings. The molecular weight excluding hydrogens is 325 g/mol. The maximum atomic E-state index is 6.15. The number of nitrogens with one attached hydrogen (secondary N) is 1. The van der Waals surface area contributed by atoms with E-state index in [4.69, 9.17) is 23.2 Å². The molecular formula is C17H18Cl3N. The normalized spacial score (nSPS) is 23.5. The van der Waals surface area contributed by atoms with Crippen molar-refractivity contribution in [2.24, 2.45) is 0 Å². The summed E-state index contributed by atoms with van der Waals surface area (Å²) in [6.07, 6.45) is 1.15. The van der Waals surface area contributed by atoms with Gasteiger partial charge in [0.15, 0.2) is 0 Å². The monoisotopic (exact) mass is 341 g/mol. The molecule has 0 spiro atoms. The van der Waals surface area contributed by atoms with Gasteiger partial charge in [-0.1, -0.05) is 59.6 Å². The van der Waals surface area contributed by atoms with E-state index in [0.717, 1.165) is 13.0 Å². The quantitative estimate of drug-likeness (QED) is 0.819. The molecule has 1 nitrogen and oxygen atoms in total. The van der Waals surface area contributed by atoms with Gasteiger partial charge in [0.05, 0.1) is 10.0 Å². The van der Waals surface area contributed by atoms with Crippen LogP contribution in [0.25, 0.3) is 0 Å². The molecule has 0 saturated heterocycles. The maximum absolute atomic E-state index is 6.15. The van der Waals surface area contributed by atoms with Crippen LogP contribution in [0.3, 0.4) is 0 Å². The minimum absolute atomic E-state index is 0. The summed E-state index contributed by atoms with van der Waals surface area (Å²) in [5, 5.41) is 4.60. The van der Waals surface area contributed by atoms with Gasteiger partial charge in [-0.05, 0) is 42.6 Å². The first-order valence-electron chi connectivity index (χ1n) is 6.82. The van der Waals surface area contributed by atoms with Crippen molar-refractivity contribution >= 4 is 35.6 Å². The lowest BCUT2D eigenvalue weighted by atomic mass is 9.90. The molecule has 0 aromatic heterocycles. The van der Waals surface area contributed by atoms with Crippen molar-refractivity contribution < 1.29 is 0 Å². The Morgan fingerprint density at radius 2 is 1.81 bits per heavy atom. The van der Waals surface area contributed by atoms with Crippen molar-refractivity contribution in [3.05, 3.63) is 69.7 Å². The van der Waals surface area contributed by atoms with Gasteiger partial charge in [0.2, 0.25) is 0 Å². The molecule has 1 fully saturated rings. The molecule has 0 heterocycles. The van der Waals surface area contributed by atoms with Gasteiger partial charge in [-0.15, -0.1) is 12.4 Å². The van der Waals surface area contributed by atoms with Crippen molar-refractivity contribution in [1.82, 2.24) is 5.32 Å². The molecule has 21 heavy (non-hydrogen) atoms. The van der Waals surface area contributed by atoms with E-state index >= 15 is 0 Å². The topological polar surface area (TPSA) is 12.0 Å². The van der Waals surface area contributed by atoms with Gasteiger partial charge in [0.1, 0.15) is 0 Å². The van der Waals surface area contributed by atoms with E-state index in [1.807, 2.05) is 19.2 Å². The van der Waals surface area contributed by atoms with Crippen molar-refractivity contribution in [3.8, 4) is 0 Å². The Kier molecular flexibility index (Phi) is 5.21. The van der Waals surface area contributed by atoms with Crippen LogP contribution in [0.4, 0.5) is 0 Å². The number of benzene rings is 2. The number of likely N-dealkylation sites (N-methyl/N-ethyl adjacent to an activating group) is 1. The molecule has 0 amide bonds. The van der Waals surface area contributed by atoms with Crippen molar-refractivity contribution in [1.29, 1.82) is 0 Å². The molecule has 0 bridgehead atoms. The molecule has 2 aromatic rings. The second-order valence-corrected chi connectivity index (χ2v) is 6.30. The Labute approximate surface area is 142 Å². The maximum Gasteiger partial charge on any atom is 0.0595 e. The first-order valence-corrected chi connectivity index (χ1v) is 7.58. The SMILES string of the molecule is CNC[C@@]1(c2ccccc2)C[C@@H]1c1ccc(Cl)c(Cl)c1.Cl. The molecule has 2 atom stereocenters. The van der Waals surface area contributed by atoms with Gasteiger partial charge >= 0.3 is 0 Å². The van der Waals surface area contributed by atoms with E-state index in [9.17, 15) is 0 Å². The Morgan fingerprint density at radius 3 is 2.43 bits per heavy atom. The van der Waals surface area contributed by atoms with Gasteiger partial charge in [0.25, 0.3) is 0 Å². The smallest absolute Gasteiger partial charge is 0.0595 e. The third-order valence-electron chi connectivity index (χ3n) is 4.26. The zero-order valence-electron chi connectivity index (χ0n) is 11.8. The molecule has 2 aromatic carbocycles. The number of halogens is 3. The third kappa shape index (κ3) is 3.07. The van der Waals surface area contributed by atoms with Gasteiger partial charge < -0.3 is 5.32 Å². The molecule has 0 radical (unpaired) electrons. The lowest BCUT2D eigenvalue weighted by molar-refractivity contribution is 0.605. The van der Waals surface area contributed by atoms with Crippen LogP contribution in [-0.4, -0.2) is 13.6 Å². The molecule has 0 unspecified atom stereocenters. The highest BCUT2D eigenvalue weighted by Crippen LogP contribution is 2.60. The van der Waals surface area contributed by atoms with E-state index in [-0.39, 0.29) is 17.8 Å². The lowest BCUT2D eigenvalue weighted by Gasteiger charge is -2.18. The van der Waals surface area contributed by atoms with Crippen LogP contribution in [-0.2, 0) is 5.41 Å². The second kappa shape index (κ2) is 6.58. The summed E-state index contributed by atoms with van der Waals surface area (Å²) in [7, 11) is 2.01. The fraction of sp³-hybridized carbons (Fsp3) is 0.294. The summed E-state index contributed by atoms with van der Waals surface area (Å²) < 4.78 is 0. The Hall–Kier alpha value is -0.730. The fourth-order valence-electron chi connectivity index (χ4n) is 3.17. The van der Waals surface area contributed by atoms with Gasteiger partial charge in [-0.25, -0.2) is 0 Å². The Morgan fingerprint density at radius 1 is 1.10 bits per heavy atom. The minimum Gasteiger partial charge on any atom is -0.319 e. The van der Waals surface area contributed by atoms with Gasteiger partial charge in [0, 0.05) is 12.0 Å². The summed E-state index contributed by atoms with van der Waals surface area (Å²) in [6.45, 7) is 0.974. The average molecular weight is 343 g/mol. The summed E-state index contributed by atoms with van der Waals surface area (Å²) in [5.41, 5.74) is 2.86. The highest BCUT2D eigenvalue weighted by Gasteiger charge is 2.55. The summed E-state index contributed by atoms with van der Waals surface area (Å²) in [5.74, 6) is 0.507. The summed E-state index contributed by atoms with van der Waals surface area (Å²) in [4.78, 5) is 0. The lowest BCUT2D eigenvalue weighted by Crippen LogP contribution is -2.25. The highest BCUT2D eigenvalue weighted by molar-refractivity contribution is 6.42. The predicted octanol–water partition coefficient (Wildman–Crippen LogP) is 5.06. The fourth-order valence-corrected chi connectivity index (χ4v) is 3.48. The van der Waals surface area contributed by atoms with Gasteiger partial charge in [-0.2, -0.15) is 0 Å². The van der Waals surface area contributed by atoms with Gasteiger partial charge in [-0.3, -0.25) is 0 Å². The standard InChI is InChI=1S/C17H17Cl2N.ClH/c1-20-11-17(13-5-3-2-4-6-13)10-14(17)12-7-8-15(18)16(19)9-12;/h2-9,14,20H,10-11H2,1H3;1H/t14-,17-;/m1./s1. The van der Waals surface area contributed by atoms with E-state index in [1.54, 1.807) is 0 Å². The van der Waals surface area contributed by atoms with E-state index in [2.05, 4.69) is 41.7 Å². The summed E-state index contributed by atoms with van der Waals surface area (Å²) >= 11 is 12.2. The van der Waals surface area contributed by atoms with Crippen LogP contribution in [0.1, 0.15) is 23.5 Å². The largest absolute Gasteiger partial charge is 0.319 e. The van der Waals surface area contributed by atoms with Crippen LogP contribution in [0.5, 0.6) is 0 Å². The third-order valence-corrected chi connectivity index (χ3v) is 5.00. The molecule has 1 aliphatic carbocycles. The molecule has 3 rings (SSSR count). The molecule has 0 aliphatic heterocycles. The molecule has 1 saturated carbocycles. The van der Waals surface area contributed by atoms with Crippen LogP contribution in [0.15, 0.2) is 48.5 Å². The Bertz CT molecular complexity index is 615. The predicted molar refractivity (Wildman–Crippen MR) is 93.1 cm³/mol. The van der Waals surface area contributed by atoms with E-state index in [0.29, 0.717) is 16.0 Å². The molecule has 1 N–H and O–H groups in total. The number of rotatable bonds is 4.